The zero-order valence-corrected chi connectivity index (χ0v) is 20.4. The average molecular weight is 532 g/mol. The average Bonchev–Trinajstić information content (AvgIpc) is 2.80. The van der Waals surface area contributed by atoms with E-state index in [4.69, 9.17) is 11.6 Å². The SMILES string of the molecule is C=C(Br)C(=O)Nc1cc(N(CC)Cc2ccccc2)ccc1NC1=C(Cl)C=C([N+](=O)[O-])CC1. The number of anilines is 3. The van der Waals surface area contributed by atoms with E-state index in [1.54, 1.807) is 0 Å². The maximum absolute atomic E-state index is 12.4. The van der Waals surface area contributed by atoms with Crippen LogP contribution in [0, 0.1) is 10.1 Å². The molecule has 2 aromatic carbocycles. The zero-order chi connectivity index (χ0) is 24.0. The van der Waals surface area contributed by atoms with Crippen LogP contribution in [-0.4, -0.2) is 17.4 Å². The van der Waals surface area contributed by atoms with Gasteiger partial charge in [0.1, 0.15) is 0 Å². The summed E-state index contributed by atoms with van der Waals surface area (Å²) in [7, 11) is 0. The second-order valence-electron chi connectivity index (χ2n) is 7.43. The van der Waals surface area contributed by atoms with Crippen LogP contribution in [0.1, 0.15) is 25.3 Å². The standard InChI is InChI=1S/C24H24BrClN4O3/c1-3-29(15-17-7-5-4-6-8-17)18-9-12-22(23(14-18)28-24(31)16(2)25)27-21-11-10-19(30(32)33)13-20(21)26/h4-9,12-14,27H,2-3,10-11,15H2,1H3,(H,28,31). The monoisotopic (exact) mass is 530 g/mol. The highest BCUT2D eigenvalue weighted by atomic mass is 79.9. The fraction of sp³-hybridized carbons (Fsp3) is 0.208. The number of carbonyl (C=O) groups excluding carboxylic acids is 1. The highest BCUT2D eigenvalue weighted by molar-refractivity contribution is 9.12. The number of nitrogens with one attached hydrogen (secondary N) is 2. The van der Waals surface area contributed by atoms with E-state index in [-0.39, 0.29) is 27.5 Å². The van der Waals surface area contributed by atoms with Crippen LogP contribution in [0.2, 0.25) is 0 Å². The Kier molecular flexibility index (Phi) is 8.30. The molecular weight excluding hydrogens is 508 g/mol. The largest absolute Gasteiger partial charge is 0.367 e. The number of amides is 1. The summed E-state index contributed by atoms with van der Waals surface area (Å²) in [6, 6.07) is 15.8. The molecule has 0 fully saturated rings. The quantitative estimate of drug-likeness (QED) is 0.223. The van der Waals surface area contributed by atoms with E-state index in [9.17, 15) is 14.9 Å². The lowest BCUT2D eigenvalue weighted by Crippen LogP contribution is -2.22. The van der Waals surface area contributed by atoms with E-state index < -0.39 is 4.92 Å². The van der Waals surface area contributed by atoms with Crippen molar-refractivity contribution in [2.75, 3.05) is 22.1 Å². The number of nitrogens with zero attached hydrogens (tertiary/aromatic N) is 2. The van der Waals surface area contributed by atoms with E-state index in [0.29, 0.717) is 30.0 Å². The van der Waals surface area contributed by atoms with E-state index >= 15 is 0 Å². The lowest BCUT2D eigenvalue weighted by molar-refractivity contribution is -0.428. The summed E-state index contributed by atoms with van der Waals surface area (Å²) in [4.78, 5) is 25.2. The molecule has 0 aromatic heterocycles. The van der Waals surface area contributed by atoms with Gasteiger partial charge in [-0.2, -0.15) is 0 Å². The Labute approximate surface area is 206 Å². The predicted molar refractivity (Wildman–Crippen MR) is 137 cm³/mol. The summed E-state index contributed by atoms with van der Waals surface area (Å²) < 4.78 is 0.198. The van der Waals surface area contributed by atoms with E-state index in [1.807, 2.05) is 36.4 Å². The van der Waals surface area contributed by atoms with Crippen LogP contribution < -0.4 is 15.5 Å². The van der Waals surface area contributed by atoms with Crippen molar-refractivity contribution in [1.82, 2.24) is 0 Å². The molecule has 0 saturated heterocycles. The van der Waals surface area contributed by atoms with Gasteiger partial charge in [0.2, 0.25) is 5.70 Å². The highest BCUT2D eigenvalue weighted by Crippen LogP contribution is 2.34. The van der Waals surface area contributed by atoms with Gasteiger partial charge in [0.25, 0.3) is 5.91 Å². The molecule has 0 radical (unpaired) electrons. The Morgan fingerprint density at radius 3 is 2.55 bits per heavy atom. The van der Waals surface area contributed by atoms with Gasteiger partial charge in [0.15, 0.2) is 0 Å². The Bertz CT molecular complexity index is 1130. The first-order valence-corrected chi connectivity index (χ1v) is 11.5. The third-order valence-corrected chi connectivity index (χ3v) is 5.89. The molecule has 0 spiro atoms. The summed E-state index contributed by atoms with van der Waals surface area (Å²) in [6.07, 6.45) is 2.02. The minimum Gasteiger partial charge on any atom is -0.367 e. The Balaban J connectivity index is 1.93. The molecule has 33 heavy (non-hydrogen) atoms. The minimum absolute atomic E-state index is 0.0736. The second-order valence-corrected chi connectivity index (χ2v) is 8.80. The molecule has 3 rings (SSSR count). The number of halogens is 2. The molecule has 172 valence electrons. The van der Waals surface area contributed by atoms with Gasteiger partial charge < -0.3 is 15.5 Å². The van der Waals surface area contributed by atoms with E-state index in [1.165, 1.54) is 11.6 Å². The van der Waals surface area contributed by atoms with Crippen LogP contribution in [-0.2, 0) is 11.3 Å². The maximum Gasteiger partial charge on any atom is 0.262 e. The number of hydrogen-bond acceptors (Lipinski definition) is 5. The normalized spacial score (nSPS) is 13.2. The van der Waals surface area contributed by atoms with Crippen molar-refractivity contribution >= 4 is 50.5 Å². The van der Waals surface area contributed by atoms with Crippen LogP contribution in [0.25, 0.3) is 0 Å². The topological polar surface area (TPSA) is 87.5 Å². The molecule has 2 N–H and O–H groups in total. The molecule has 9 heteroatoms. The van der Waals surface area contributed by atoms with Crippen molar-refractivity contribution < 1.29 is 9.72 Å². The van der Waals surface area contributed by atoms with Crippen LogP contribution >= 0.6 is 27.5 Å². The summed E-state index contributed by atoms with van der Waals surface area (Å²) in [5.74, 6) is -0.374. The van der Waals surface area contributed by atoms with Crippen molar-refractivity contribution in [2.24, 2.45) is 0 Å². The molecule has 7 nitrogen and oxygen atoms in total. The fourth-order valence-electron chi connectivity index (χ4n) is 3.43. The van der Waals surface area contributed by atoms with Gasteiger partial charge in [-0.3, -0.25) is 14.9 Å². The van der Waals surface area contributed by atoms with Crippen molar-refractivity contribution in [3.05, 3.63) is 97.8 Å². The summed E-state index contributed by atoms with van der Waals surface area (Å²) in [5.41, 5.74) is 4.01. The lowest BCUT2D eigenvalue weighted by Gasteiger charge is -2.25. The van der Waals surface area contributed by atoms with Crippen molar-refractivity contribution in [2.45, 2.75) is 26.3 Å². The van der Waals surface area contributed by atoms with Gasteiger partial charge in [0.05, 0.1) is 25.8 Å². The zero-order valence-electron chi connectivity index (χ0n) is 18.1. The maximum atomic E-state index is 12.4. The van der Waals surface area contributed by atoms with Crippen LogP contribution in [0.15, 0.2) is 82.1 Å². The van der Waals surface area contributed by atoms with Crippen molar-refractivity contribution in [1.29, 1.82) is 0 Å². The van der Waals surface area contributed by atoms with Gasteiger partial charge in [-0.05, 0) is 53.0 Å². The van der Waals surface area contributed by atoms with Crippen LogP contribution in [0.4, 0.5) is 17.1 Å². The van der Waals surface area contributed by atoms with Gasteiger partial charge in [-0.1, -0.05) is 48.5 Å². The molecule has 0 atom stereocenters. The Morgan fingerprint density at radius 1 is 1.21 bits per heavy atom. The minimum atomic E-state index is -0.423. The second kappa shape index (κ2) is 11.2. The van der Waals surface area contributed by atoms with Gasteiger partial charge in [-0.15, -0.1) is 0 Å². The van der Waals surface area contributed by atoms with Gasteiger partial charge in [0, 0.05) is 37.0 Å². The van der Waals surface area contributed by atoms with E-state index in [2.05, 4.69) is 57.1 Å². The summed E-state index contributed by atoms with van der Waals surface area (Å²) in [5, 5.41) is 17.4. The molecule has 0 saturated carbocycles. The Morgan fingerprint density at radius 2 is 1.94 bits per heavy atom. The molecule has 2 aromatic rings. The van der Waals surface area contributed by atoms with Crippen LogP contribution in [0.5, 0.6) is 0 Å². The molecule has 1 aliphatic carbocycles. The smallest absolute Gasteiger partial charge is 0.262 e. The molecular formula is C24H24BrClN4O3. The third-order valence-electron chi connectivity index (χ3n) is 5.19. The van der Waals surface area contributed by atoms with Gasteiger partial charge >= 0.3 is 0 Å². The third kappa shape index (κ3) is 6.46. The van der Waals surface area contributed by atoms with Crippen molar-refractivity contribution in [3.8, 4) is 0 Å². The molecule has 1 aliphatic rings. The van der Waals surface area contributed by atoms with Gasteiger partial charge in [-0.25, -0.2) is 0 Å². The molecule has 0 bridgehead atoms. The van der Waals surface area contributed by atoms with Crippen LogP contribution in [0.3, 0.4) is 0 Å². The van der Waals surface area contributed by atoms with Crippen molar-refractivity contribution in [3.63, 3.8) is 0 Å². The summed E-state index contributed by atoms with van der Waals surface area (Å²) >= 11 is 9.41. The highest BCUT2D eigenvalue weighted by Gasteiger charge is 2.21. The Hall–Kier alpha value is -3.10. The molecule has 0 heterocycles. The molecule has 1 amide bonds. The number of benzene rings is 2. The first-order valence-electron chi connectivity index (χ1n) is 10.4. The first kappa shape index (κ1) is 24.5. The number of allylic oxidation sites excluding steroid dienone is 4. The first-order chi connectivity index (χ1) is 15.8. The number of nitro groups is 1. The predicted octanol–water partition coefficient (Wildman–Crippen LogP) is 6.38. The fourth-order valence-corrected chi connectivity index (χ4v) is 3.79. The lowest BCUT2D eigenvalue weighted by atomic mass is 10.1. The number of carbonyl (C=O) groups is 1. The van der Waals surface area contributed by atoms with E-state index in [0.717, 1.165) is 12.2 Å². The molecule has 0 unspecified atom stereocenters. The number of hydrogen-bond donors (Lipinski definition) is 2. The molecule has 0 aliphatic heterocycles. The summed E-state index contributed by atoms with van der Waals surface area (Å²) in [6.45, 7) is 7.19. The number of rotatable bonds is 9.